The molecule has 0 aliphatic heterocycles. The fraction of sp³-hybridized carbons (Fsp3) is 0.429. The number of aliphatic hydroxyl groups is 1. The molecule has 2 aliphatic rings. The highest BCUT2D eigenvalue weighted by Crippen LogP contribution is 2.40. The molecule has 3 aromatic rings. The van der Waals surface area contributed by atoms with E-state index >= 15 is 0 Å². The highest BCUT2D eigenvalue weighted by Gasteiger charge is 2.36. The maximum atomic E-state index is 14.2. The SMILES string of the molecule is CN(C)CC1(O)CCC(Nc2c(C(=O)C3CC3)cnc3ccc(-c4cc(F)c(O)c(Cl)c4)cc23)CC1. The van der Waals surface area contributed by atoms with Crippen LogP contribution in [0.25, 0.3) is 22.0 Å². The lowest BCUT2D eigenvalue weighted by Crippen LogP contribution is -2.45. The van der Waals surface area contributed by atoms with E-state index in [4.69, 9.17) is 11.6 Å². The molecule has 0 bridgehead atoms. The van der Waals surface area contributed by atoms with Crippen molar-refractivity contribution < 1.29 is 19.4 Å². The summed E-state index contributed by atoms with van der Waals surface area (Å²) in [6.07, 6.45) is 6.36. The van der Waals surface area contributed by atoms with E-state index < -0.39 is 17.2 Å². The fourth-order valence-electron chi connectivity index (χ4n) is 5.26. The minimum Gasteiger partial charge on any atom is -0.504 e. The number of aromatic nitrogens is 1. The Bertz CT molecular complexity index is 1290. The van der Waals surface area contributed by atoms with Crippen LogP contribution in [0.5, 0.6) is 5.75 Å². The van der Waals surface area contributed by atoms with Gasteiger partial charge in [0.05, 0.1) is 27.4 Å². The molecule has 8 heteroatoms. The summed E-state index contributed by atoms with van der Waals surface area (Å²) in [5.41, 5.74) is 2.56. The van der Waals surface area contributed by atoms with Crippen LogP contribution in [0.15, 0.2) is 36.5 Å². The van der Waals surface area contributed by atoms with Crippen molar-refractivity contribution in [1.82, 2.24) is 9.88 Å². The van der Waals surface area contributed by atoms with Gasteiger partial charge in [0.2, 0.25) is 0 Å². The standard InChI is InChI=1S/C28H31ClFN3O3/c1-33(2)15-28(36)9-7-19(8-10-28)32-25-20-11-17(18-12-22(29)27(35)23(30)13-18)5-6-24(20)31-14-21(25)26(34)16-3-4-16/h5-6,11-14,16,19,35-36H,3-4,7-10,15H2,1-2H3,(H,31,32). The number of halogens is 2. The van der Waals surface area contributed by atoms with Crippen LogP contribution in [-0.2, 0) is 0 Å². The molecule has 6 nitrogen and oxygen atoms in total. The van der Waals surface area contributed by atoms with E-state index in [0.717, 1.165) is 42.3 Å². The molecule has 0 saturated heterocycles. The lowest BCUT2D eigenvalue weighted by molar-refractivity contribution is -0.0183. The summed E-state index contributed by atoms with van der Waals surface area (Å²) in [5.74, 6) is -1.24. The average molecular weight is 512 g/mol. The van der Waals surface area contributed by atoms with Gasteiger partial charge in [0, 0.05) is 30.1 Å². The monoisotopic (exact) mass is 511 g/mol. The van der Waals surface area contributed by atoms with Gasteiger partial charge in [0.25, 0.3) is 0 Å². The van der Waals surface area contributed by atoms with Crippen molar-refractivity contribution in [3.8, 4) is 16.9 Å². The third kappa shape index (κ3) is 5.05. The van der Waals surface area contributed by atoms with E-state index in [-0.39, 0.29) is 22.8 Å². The predicted octanol–water partition coefficient (Wildman–Crippen LogP) is 5.64. The Hall–Kier alpha value is -2.74. The number of Topliss-reactive ketones (excluding diaryl/α,β-unsaturated/α-hetero) is 1. The molecule has 0 amide bonds. The zero-order valence-corrected chi connectivity index (χ0v) is 21.3. The number of anilines is 1. The summed E-state index contributed by atoms with van der Waals surface area (Å²) in [5, 5.41) is 25.0. The number of nitrogens with zero attached hydrogens (tertiary/aromatic N) is 2. The minimum absolute atomic E-state index is 0.0366. The molecule has 2 aliphatic carbocycles. The molecule has 3 N–H and O–H groups in total. The number of pyridine rings is 1. The van der Waals surface area contributed by atoms with Crippen molar-refractivity contribution >= 4 is 34.0 Å². The smallest absolute Gasteiger partial charge is 0.170 e. The van der Waals surface area contributed by atoms with Crippen molar-refractivity contribution in [1.29, 1.82) is 0 Å². The van der Waals surface area contributed by atoms with E-state index in [2.05, 4.69) is 10.3 Å². The van der Waals surface area contributed by atoms with Crippen LogP contribution >= 0.6 is 11.6 Å². The third-order valence-corrected chi connectivity index (χ3v) is 7.60. The second-order valence-corrected chi connectivity index (χ2v) is 11.0. The van der Waals surface area contributed by atoms with Gasteiger partial charge in [0.1, 0.15) is 0 Å². The van der Waals surface area contributed by atoms with Crippen LogP contribution < -0.4 is 5.32 Å². The van der Waals surface area contributed by atoms with E-state index in [1.165, 1.54) is 12.1 Å². The Balaban J connectivity index is 1.53. The Kier molecular flexibility index (Phi) is 6.66. The molecule has 0 radical (unpaired) electrons. The quantitative estimate of drug-likeness (QED) is 0.356. The number of nitrogens with one attached hydrogen (secondary N) is 1. The number of fused-ring (bicyclic) bond motifs is 1. The molecule has 36 heavy (non-hydrogen) atoms. The molecule has 2 fully saturated rings. The number of hydrogen-bond donors (Lipinski definition) is 3. The second kappa shape index (κ2) is 9.61. The number of rotatable bonds is 7. The first kappa shape index (κ1) is 24.9. The van der Waals surface area contributed by atoms with Gasteiger partial charge >= 0.3 is 0 Å². The van der Waals surface area contributed by atoms with Crippen LogP contribution in [0, 0.1) is 11.7 Å². The first-order valence-corrected chi connectivity index (χ1v) is 12.8. The molecule has 0 unspecified atom stereocenters. The van der Waals surface area contributed by atoms with E-state index in [9.17, 15) is 19.4 Å². The van der Waals surface area contributed by atoms with Crippen molar-refractivity contribution in [2.24, 2.45) is 5.92 Å². The summed E-state index contributed by atoms with van der Waals surface area (Å²) in [7, 11) is 3.93. The molecule has 5 rings (SSSR count). The molecule has 1 aromatic heterocycles. The zero-order chi connectivity index (χ0) is 25.6. The van der Waals surface area contributed by atoms with Crippen molar-refractivity contribution in [2.45, 2.75) is 50.2 Å². The number of ketones is 1. The number of phenols is 1. The molecule has 1 heterocycles. The van der Waals surface area contributed by atoms with Gasteiger partial charge in [-0.05, 0) is 88.0 Å². The average Bonchev–Trinajstić information content (AvgIpc) is 3.68. The number of carbonyl (C=O) groups excluding carboxylic acids is 1. The third-order valence-electron chi connectivity index (χ3n) is 7.31. The van der Waals surface area contributed by atoms with Crippen LogP contribution in [0.2, 0.25) is 5.02 Å². The topological polar surface area (TPSA) is 85.7 Å². The van der Waals surface area contributed by atoms with Crippen LogP contribution in [0.3, 0.4) is 0 Å². The molecule has 0 atom stereocenters. The van der Waals surface area contributed by atoms with E-state index in [0.29, 0.717) is 36.1 Å². The van der Waals surface area contributed by atoms with Crippen LogP contribution in [0.4, 0.5) is 10.1 Å². The highest BCUT2D eigenvalue weighted by molar-refractivity contribution is 6.32. The Labute approximate surface area is 215 Å². The summed E-state index contributed by atoms with van der Waals surface area (Å²) in [4.78, 5) is 19.8. The van der Waals surface area contributed by atoms with Gasteiger partial charge in [0.15, 0.2) is 17.3 Å². The molecule has 2 saturated carbocycles. The normalized spacial score (nSPS) is 22.2. The summed E-state index contributed by atoms with van der Waals surface area (Å²) >= 11 is 6.03. The Morgan fingerprint density at radius 3 is 2.53 bits per heavy atom. The number of carbonyl (C=O) groups is 1. The number of likely N-dealkylation sites (N-methyl/N-ethyl adjacent to an activating group) is 1. The van der Waals surface area contributed by atoms with Gasteiger partial charge < -0.3 is 20.4 Å². The Morgan fingerprint density at radius 1 is 1.17 bits per heavy atom. The molecule has 190 valence electrons. The number of aromatic hydroxyl groups is 1. The van der Waals surface area contributed by atoms with Gasteiger partial charge in [-0.25, -0.2) is 4.39 Å². The lowest BCUT2D eigenvalue weighted by Gasteiger charge is -2.38. The van der Waals surface area contributed by atoms with Crippen molar-refractivity contribution in [3.05, 3.63) is 52.9 Å². The van der Waals surface area contributed by atoms with E-state index in [1.807, 2.05) is 37.2 Å². The Morgan fingerprint density at radius 2 is 1.89 bits per heavy atom. The van der Waals surface area contributed by atoms with Crippen LogP contribution in [-0.4, -0.2) is 58.2 Å². The second-order valence-electron chi connectivity index (χ2n) is 10.6. The molecule has 2 aromatic carbocycles. The molecular weight excluding hydrogens is 481 g/mol. The van der Waals surface area contributed by atoms with E-state index in [1.54, 1.807) is 6.20 Å². The summed E-state index contributed by atoms with van der Waals surface area (Å²) < 4.78 is 14.2. The van der Waals surface area contributed by atoms with Gasteiger partial charge in [-0.1, -0.05) is 17.7 Å². The maximum absolute atomic E-state index is 14.2. The first-order chi connectivity index (χ1) is 17.1. The number of phenolic OH excluding ortho intramolecular Hbond substituents is 1. The predicted molar refractivity (Wildman–Crippen MR) is 140 cm³/mol. The summed E-state index contributed by atoms with van der Waals surface area (Å²) in [6, 6.07) is 8.43. The first-order valence-electron chi connectivity index (χ1n) is 12.4. The van der Waals surface area contributed by atoms with Gasteiger partial charge in [-0.3, -0.25) is 9.78 Å². The molecular formula is C28H31ClFN3O3. The van der Waals surface area contributed by atoms with Gasteiger partial charge in [-0.2, -0.15) is 0 Å². The highest BCUT2D eigenvalue weighted by atomic mass is 35.5. The zero-order valence-electron chi connectivity index (χ0n) is 20.5. The van der Waals surface area contributed by atoms with Gasteiger partial charge in [-0.15, -0.1) is 0 Å². The fourth-order valence-corrected chi connectivity index (χ4v) is 5.47. The van der Waals surface area contributed by atoms with Crippen molar-refractivity contribution in [3.63, 3.8) is 0 Å². The van der Waals surface area contributed by atoms with Crippen molar-refractivity contribution in [2.75, 3.05) is 26.0 Å². The minimum atomic E-state index is -0.792. The maximum Gasteiger partial charge on any atom is 0.170 e. The number of hydrogen-bond acceptors (Lipinski definition) is 6. The largest absolute Gasteiger partial charge is 0.504 e. The summed E-state index contributed by atoms with van der Waals surface area (Å²) in [6.45, 7) is 0.623. The number of benzene rings is 2. The van der Waals surface area contributed by atoms with Crippen LogP contribution in [0.1, 0.15) is 48.9 Å². The lowest BCUT2D eigenvalue weighted by atomic mass is 9.81. The molecule has 0 spiro atoms.